The van der Waals surface area contributed by atoms with Crippen LogP contribution in [0.4, 0.5) is 0 Å². The Morgan fingerprint density at radius 3 is 2.69 bits per heavy atom. The molecule has 26 heavy (non-hydrogen) atoms. The minimum atomic E-state index is 0.611. The van der Waals surface area contributed by atoms with E-state index in [-0.39, 0.29) is 0 Å². The van der Waals surface area contributed by atoms with Crippen molar-refractivity contribution in [3.05, 3.63) is 17.0 Å². The summed E-state index contributed by atoms with van der Waals surface area (Å²) in [6.45, 7) is 14.4. The predicted molar refractivity (Wildman–Crippen MR) is 107 cm³/mol. The van der Waals surface area contributed by atoms with Crippen LogP contribution in [0.3, 0.4) is 0 Å². The van der Waals surface area contributed by atoms with Gasteiger partial charge in [0.2, 0.25) is 0 Å². The second-order valence-electron chi connectivity index (χ2n) is 6.86. The second-order valence-corrected chi connectivity index (χ2v) is 6.86. The van der Waals surface area contributed by atoms with Gasteiger partial charge in [-0.05, 0) is 39.9 Å². The average molecular weight is 365 g/mol. The fourth-order valence-corrected chi connectivity index (χ4v) is 3.27. The molecule has 1 aliphatic rings. The fourth-order valence-electron chi connectivity index (χ4n) is 3.27. The minimum absolute atomic E-state index is 0.611. The molecule has 2 rings (SSSR count). The molecule has 0 spiro atoms. The molecule has 0 unspecified atom stereocenters. The molecule has 2 heterocycles. The van der Waals surface area contributed by atoms with Gasteiger partial charge in [0.25, 0.3) is 0 Å². The number of hydrogen-bond acceptors (Lipinski definition) is 5. The second kappa shape index (κ2) is 11.2. The van der Waals surface area contributed by atoms with Crippen LogP contribution in [0.15, 0.2) is 9.52 Å². The first-order valence-electron chi connectivity index (χ1n) is 10.1. The van der Waals surface area contributed by atoms with Gasteiger partial charge < -0.3 is 25.0 Å². The third-order valence-corrected chi connectivity index (χ3v) is 4.88. The van der Waals surface area contributed by atoms with Gasteiger partial charge in [0.15, 0.2) is 5.96 Å². The molecule has 1 aromatic rings. The van der Waals surface area contributed by atoms with Gasteiger partial charge in [-0.25, -0.2) is 4.99 Å². The number of nitrogens with zero attached hydrogens (tertiary/aromatic N) is 4. The molecule has 1 aromatic heterocycles. The van der Waals surface area contributed by atoms with E-state index < -0.39 is 0 Å². The highest BCUT2D eigenvalue weighted by Gasteiger charge is 2.14. The number of aryl methyl sites for hydroxylation is 2. The van der Waals surface area contributed by atoms with Crippen LogP contribution in [0.25, 0.3) is 0 Å². The van der Waals surface area contributed by atoms with E-state index in [1.165, 1.54) is 19.5 Å². The molecule has 0 bridgehead atoms. The van der Waals surface area contributed by atoms with E-state index >= 15 is 0 Å². The topological polar surface area (TPSA) is 68.9 Å². The van der Waals surface area contributed by atoms with E-state index in [0.29, 0.717) is 6.54 Å². The van der Waals surface area contributed by atoms with Crippen molar-refractivity contribution in [3.63, 3.8) is 0 Å². The molecular formula is C19H36N6O. The molecule has 7 nitrogen and oxygen atoms in total. The Bertz CT molecular complexity index is 535. The summed E-state index contributed by atoms with van der Waals surface area (Å²) < 4.78 is 5.44. The molecule has 7 heteroatoms. The van der Waals surface area contributed by atoms with Gasteiger partial charge in [-0.15, -0.1) is 0 Å². The molecule has 0 radical (unpaired) electrons. The number of nitrogens with one attached hydrogen (secondary N) is 2. The summed E-state index contributed by atoms with van der Waals surface area (Å²) in [5.74, 6) is 1.82. The molecule has 1 saturated heterocycles. The number of hydrogen-bond donors (Lipinski definition) is 2. The lowest BCUT2D eigenvalue weighted by molar-refractivity contribution is 0.280. The van der Waals surface area contributed by atoms with Crippen molar-refractivity contribution in [2.45, 2.75) is 46.6 Å². The van der Waals surface area contributed by atoms with Crippen LogP contribution in [0, 0.1) is 0 Å². The summed E-state index contributed by atoms with van der Waals surface area (Å²) in [5, 5.41) is 11.0. The summed E-state index contributed by atoms with van der Waals surface area (Å²) in [6, 6.07) is 0. The lowest BCUT2D eigenvalue weighted by atomic mass is 10.1. The van der Waals surface area contributed by atoms with Crippen molar-refractivity contribution in [2.24, 2.45) is 4.99 Å². The van der Waals surface area contributed by atoms with Crippen molar-refractivity contribution in [3.8, 4) is 0 Å². The molecule has 2 N–H and O–H groups in total. The Morgan fingerprint density at radius 1 is 1.12 bits per heavy atom. The average Bonchev–Trinajstić information content (AvgIpc) is 2.93. The smallest absolute Gasteiger partial charge is 0.191 e. The first kappa shape index (κ1) is 20.7. The maximum atomic E-state index is 5.44. The summed E-state index contributed by atoms with van der Waals surface area (Å²) in [4.78, 5) is 9.70. The SMILES string of the molecule is CCNC(=NCc1c(CC)noc1CC)NCCN1CCCN(C)CC1. The lowest BCUT2D eigenvalue weighted by Crippen LogP contribution is -2.42. The van der Waals surface area contributed by atoms with Gasteiger partial charge in [0.1, 0.15) is 5.76 Å². The lowest BCUT2D eigenvalue weighted by Gasteiger charge is -2.21. The van der Waals surface area contributed by atoms with Crippen LogP contribution in [-0.2, 0) is 19.4 Å². The first-order valence-corrected chi connectivity index (χ1v) is 10.1. The van der Waals surface area contributed by atoms with Crippen LogP contribution in [0.1, 0.15) is 44.2 Å². The molecule has 1 aliphatic heterocycles. The van der Waals surface area contributed by atoms with Gasteiger partial charge in [-0.3, -0.25) is 0 Å². The highest BCUT2D eigenvalue weighted by Crippen LogP contribution is 2.16. The van der Waals surface area contributed by atoms with Crippen molar-refractivity contribution >= 4 is 5.96 Å². The quantitative estimate of drug-likeness (QED) is 0.538. The third kappa shape index (κ3) is 6.29. The molecule has 0 amide bonds. The zero-order valence-corrected chi connectivity index (χ0v) is 17.0. The standard InChI is InChI=1S/C19H36N6O/c1-5-17-16(18(6-2)26-23-17)15-22-19(20-7-3)21-9-12-25-11-8-10-24(4)13-14-25/h5-15H2,1-4H3,(H2,20,21,22). The minimum Gasteiger partial charge on any atom is -0.361 e. The van der Waals surface area contributed by atoms with E-state index in [1.807, 2.05) is 0 Å². The largest absolute Gasteiger partial charge is 0.361 e. The molecule has 0 aliphatic carbocycles. The highest BCUT2D eigenvalue weighted by molar-refractivity contribution is 5.79. The third-order valence-electron chi connectivity index (χ3n) is 4.88. The number of aliphatic imine (C=N–C) groups is 1. The van der Waals surface area contributed by atoms with Crippen LogP contribution in [0.2, 0.25) is 0 Å². The Labute approximate surface area is 158 Å². The Balaban J connectivity index is 1.87. The normalized spacial score (nSPS) is 17.3. The van der Waals surface area contributed by atoms with Gasteiger partial charge in [-0.1, -0.05) is 19.0 Å². The van der Waals surface area contributed by atoms with E-state index in [2.05, 4.69) is 53.4 Å². The highest BCUT2D eigenvalue weighted by atomic mass is 16.5. The van der Waals surface area contributed by atoms with Crippen molar-refractivity contribution in [1.82, 2.24) is 25.6 Å². The monoisotopic (exact) mass is 364 g/mol. The van der Waals surface area contributed by atoms with Gasteiger partial charge >= 0.3 is 0 Å². The maximum Gasteiger partial charge on any atom is 0.191 e. The van der Waals surface area contributed by atoms with E-state index in [1.54, 1.807) is 0 Å². The van der Waals surface area contributed by atoms with E-state index in [0.717, 1.165) is 68.5 Å². The molecule has 1 fully saturated rings. The molecular weight excluding hydrogens is 328 g/mol. The zero-order valence-electron chi connectivity index (χ0n) is 17.0. The molecule has 0 atom stereocenters. The first-order chi connectivity index (χ1) is 12.7. The maximum absolute atomic E-state index is 5.44. The predicted octanol–water partition coefficient (Wildman–Crippen LogP) is 1.49. The van der Waals surface area contributed by atoms with Gasteiger partial charge in [0.05, 0.1) is 12.2 Å². The Kier molecular flexibility index (Phi) is 8.91. The van der Waals surface area contributed by atoms with Crippen molar-refractivity contribution < 1.29 is 4.52 Å². The van der Waals surface area contributed by atoms with Crippen molar-refractivity contribution in [2.75, 3.05) is 52.9 Å². The van der Waals surface area contributed by atoms with Crippen LogP contribution in [0.5, 0.6) is 0 Å². The fraction of sp³-hybridized carbons (Fsp3) is 0.789. The Morgan fingerprint density at radius 2 is 1.96 bits per heavy atom. The van der Waals surface area contributed by atoms with Crippen LogP contribution >= 0.6 is 0 Å². The summed E-state index contributed by atoms with van der Waals surface area (Å²) >= 11 is 0. The molecule has 148 valence electrons. The van der Waals surface area contributed by atoms with E-state index in [4.69, 9.17) is 9.52 Å². The number of rotatable bonds is 8. The van der Waals surface area contributed by atoms with Crippen LogP contribution < -0.4 is 10.6 Å². The zero-order chi connectivity index (χ0) is 18.8. The summed E-state index contributed by atoms with van der Waals surface area (Å²) in [6.07, 6.45) is 2.98. The summed E-state index contributed by atoms with van der Waals surface area (Å²) in [5.41, 5.74) is 2.16. The van der Waals surface area contributed by atoms with Crippen molar-refractivity contribution in [1.29, 1.82) is 0 Å². The summed E-state index contributed by atoms with van der Waals surface area (Å²) in [7, 11) is 2.21. The number of aromatic nitrogens is 1. The van der Waals surface area contributed by atoms with Gasteiger partial charge in [0, 0.05) is 44.7 Å². The number of guanidine groups is 1. The van der Waals surface area contributed by atoms with Crippen LogP contribution in [-0.4, -0.2) is 73.8 Å². The van der Waals surface area contributed by atoms with Gasteiger partial charge in [-0.2, -0.15) is 0 Å². The molecule has 0 saturated carbocycles. The Hall–Kier alpha value is -1.60. The van der Waals surface area contributed by atoms with E-state index in [9.17, 15) is 0 Å². The molecule has 0 aromatic carbocycles. The number of likely N-dealkylation sites (N-methyl/N-ethyl adjacent to an activating group) is 1.